The highest BCUT2D eigenvalue weighted by Crippen LogP contribution is 2.33. The lowest BCUT2D eigenvalue weighted by molar-refractivity contribution is -0.123. The van der Waals surface area contributed by atoms with Crippen LogP contribution in [0.15, 0.2) is 34.4 Å². The molecule has 9 heteroatoms. The topological polar surface area (TPSA) is 94.8 Å². The molecule has 2 heterocycles. The molecule has 0 bridgehead atoms. The number of aromatic nitrogens is 2. The van der Waals surface area contributed by atoms with Crippen LogP contribution in [-0.4, -0.2) is 35.4 Å². The van der Waals surface area contributed by atoms with Crippen molar-refractivity contribution in [2.45, 2.75) is 45.6 Å². The lowest BCUT2D eigenvalue weighted by atomic mass is 9.97. The van der Waals surface area contributed by atoms with E-state index in [2.05, 4.69) is 15.5 Å². The van der Waals surface area contributed by atoms with Crippen LogP contribution in [0.1, 0.15) is 48.7 Å². The van der Waals surface area contributed by atoms with E-state index >= 15 is 0 Å². The van der Waals surface area contributed by atoms with Gasteiger partial charge in [-0.05, 0) is 68.9 Å². The number of fused-ring (bicyclic) bond motifs is 3. The van der Waals surface area contributed by atoms with Crippen molar-refractivity contribution in [3.8, 4) is 11.5 Å². The Bertz CT molecular complexity index is 1230. The van der Waals surface area contributed by atoms with Crippen LogP contribution in [-0.2, 0) is 17.6 Å². The number of nitrogens with zero attached hydrogens (tertiary/aromatic N) is 3. The minimum Gasteiger partial charge on any atom is -0.493 e. The maximum atomic E-state index is 13.1. The van der Waals surface area contributed by atoms with Crippen LogP contribution in [0.25, 0.3) is 10.2 Å². The van der Waals surface area contributed by atoms with E-state index in [1.807, 2.05) is 13.0 Å². The smallest absolute Gasteiger partial charge is 0.263 e. The molecular weight excluding hydrogens is 428 g/mol. The van der Waals surface area contributed by atoms with Gasteiger partial charge in [0.15, 0.2) is 11.5 Å². The predicted octanol–water partition coefficient (Wildman–Crippen LogP) is 3.46. The molecule has 0 radical (unpaired) electrons. The summed E-state index contributed by atoms with van der Waals surface area (Å²) in [6.07, 6.45) is 7.09. The number of aryl methyl sites for hydroxylation is 2. The Morgan fingerprint density at radius 1 is 1.34 bits per heavy atom. The monoisotopic (exact) mass is 454 g/mol. The van der Waals surface area contributed by atoms with Crippen LogP contribution in [0.5, 0.6) is 11.5 Å². The molecule has 0 aliphatic heterocycles. The largest absolute Gasteiger partial charge is 0.493 e. The zero-order valence-corrected chi connectivity index (χ0v) is 19.2. The lowest BCUT2D eigenvalue weighted by Crippen LogP contribution is -2.34. The summed E-state index contributed by atoms with van der Waals surface area (Å²) < 4.78 is 12.2. The van der Waals surface area contributed by atoms with Crippen LogP contribution in [0.4, 0.5) is 0 Å². The summed E-state index contributed by atoms with van der Waals surface area (Å²) in [5.74, 6) is 0.828. The molecule has 8 nitrogen and oxygen atoms in total. The fourth-order valence-corrected chi connectivity index (χ4v) is 5.08. The molecule has 0 saturated heterocycles. The molecule has 4 rings (SSSR count). The molecule has 3 aromatic rings. The van der Waals surface area contributed by atoms with Crippen molar-refractivity contribution in [3.63, 3.8) is 0 Å². The maximum absolute atomic E-state index is 13.1. The van der Waals surface area contributed by atoms with Gasteiger partial charge < -0.3 is 9.47 Å². The second-order valence-electron chi connectivity index (χ2n) is 7.60. The summed E-state index contributed by atoms with van der Waals surface area (Å²) in [5.41, 5.74) is 4.19. The third-order valence-electron chi connectivity index (χ3n) is 5.57. The zero-order valence-electron chi connectivity index (χ0n) is 18.4. The lowest BCUT2D eigenvalue weighted by Gasteiger charge is -2.14. The van der Waals surface area contributed by atoms with Gasteiger partial charge in [0.2, 0.25) is 0 Å². The number of benzene rings is 1. The van der Waals surface area contributed by atoms with E-state index in [4.69, 9.17) is 9.47 Å². The molecule has 32 heavy (non-hydrogen) atoms. The van der Waals surface area contributed by atoms with Crippen LogP contribution in [0, 0.1) is 0 Å². The number of ether oxygens (including phenoxy) is 2. The van der Waals surface area contributed by atoms with E-state index in [-0.39, 0.29) is 5.56 Å². The van der Waals surface area contributed by atoms with Crippen LogP contribution in [0.2, 0.25) is 0 Å². The number of thiophene rings is 1. The molecule has 168 valence electrons. The first-order valence-electron chi connectivity index (χ1n) is 10.7. The second kappa shape index (κ2) is 9.52. The highest BCUT2D eigenvalue weighted by Gasteiger charge is 2.23. The van der Waals surface area contributed by atoms with Gasteiger partial charge in [-0.3, -0.25) is 14.2 Å². The third kappa shape index (κ3) is 4.25. The highest BCUT2D eigenvalue weighted by atomic mass is 32.1. The molecule has 1 aromatic carbocycles. The number of amides is 1. The van der Waals surface area contributed by atoms with Crippen LogP contribution < -0.4 is 20.5 Å². The van der Waals surface area contributed by atoms with Crippen LogP contribution >= 0.6 is 11.3 Å². The summed E-state index contributed by atoms with van der Waals surface area (Å²) in [6, 6.07) is 4.63. The van der Waals surface area contributed by atoms with Gasteiger partial charge in [0.1, 0.15) is 10.9 Å². The normalized spacial score (nSPS) is 14.3. The van der Waals surface area contributed by atoms with Crippen molar-refractivity contribution in [3.05, 3.63) is 50.9 Å². The molecule has 1 atom stereocenters. The zero-order chi connectivity index (χ0) is 22.7. The number of methoxy groups -OCH3 is 1. The molecule has 1 N–H and O–H groups in total. The Kier molecular flexibility index (Phi) is 6.55. The van der Waals surface area contributed by atoms with Crippen molar-refractivity contribution in [1.29, 1.82) is 0 Å². The number of hydrogen-bond acceptors (Lipinski definition) is 7. The Labute approximate surface area is 189 Å². The van der Waals surface area contributed by atoms with E-state index in [0.29, 0.717) is 23.5 Å². The van der Waals surface area contributed by atoms with E-state index in [1.165, 1.54) is 22.0 Å². The van der Waals surface area contributed by atoms with E-state index in [9.17, 15) is 9.59 Å². The van der Waals surface area contributed by atoms with Gasteiger partial charge >= 0.3 is 0 Å². The Morgan fingerprint density at radius 2 is 2.16 bits per heavy atom. The Morgan fingerprint density at radius 3 is 2.94 bits per heavy atom. The first kappa shape index (κ1) is 22.0. The Balaban J connectivity index is 1.50. The number of carbonyl (C=O) groups is 1. The number of rotatable bonds is 7. The van der Waals surface area contributed by atoms with Crippen molar-refractivity contribution in [1.82, 2.24) is 15.0 Å². The number of hydrazone groups is 1. The molecule has 1 aliphatic rings. The van der Waals surface area contributed by atoms with Crippen molar-refractivity contribution < 1.29 is 14.3 Å². The first-order chi connectivity index (χ1) is 15.5. The molecule has 0 spiro atoms. The fraction of sp³-hybridized carbons (Fsp3) is 0.391. The molecule has 0 unspecified atom stereocenters. The van der Waals surface area contributed by atoms with Crippen LogP contribution in [0.3, 0.4) is 0 Å². The van der Waals surface area contributed by atoms with Gasteiger partial charge in [-0.1, -0.05) is 0 Å². The van der Waals surface area contributed by atoms with E-state index < -0.39 is 11.9 Å². The molecule has 1 aliphatic carbocycles. The predicted molar refractivity (Wildman–Crippen MR) is 125 cm³/mol. The van der Waals surface area contributed by atoms with Crippen molar-refractivity contribution >= 4 is 33.7 Å². The van der Waals surface area contributed by atoms with Gasteiger partial charge in [-0.25, -0.2) is 10.4 Å². The van der Waals surface area contributed by atoms with E-state index in [1.54, 1.807) is 37.5 Å². The van der Waals surface area contributed by atoms with E-state index in [0.717, 1.165) is 41.6 Å². The number of hydrogen-bond donors (Lipinski definition) is 1. The second-order valence-corrected chi connectivity index (χ2v) is 8.69. The number of nitrogens with one attached hydrogen (secondary N) is 1. The van der Waals surface area contributed by atoms with Gasteiger partial charge in [0, 0.05) is 4.88 Å². The first-order valence-corrected chi connectivity index (χ1v) is 11.5. The molecule has 0 saturated carbocycles. The Hall–Kier alpha value is -3.20. The van der Waals surface area contributed by atoms with Crippen molar-refractivity contribution in [2.24, 2.45) is 5.10 Å². The summed E-state index contributed by atoms with van der Waals surface area (Å²) >= 11 is 1.59. The quantitative estimate of drug-likeness (QED) is 0.436. The maximum Gasteiger partial charge on any atom is 0.263 e. The standard InChI is InChI=1S/C23H26N4O4S/c1-4-31-17-10-9-15(11-18(17)30-3)12-25-26-21(28)14(2)27-13-24-22-20(23(27)29)16-7-5-6-8-19(16)32-22/h9-14H,4-8H2,1-3H3,(H,26,28)/b25-12-/t14-/m0/s1. The third-order valence-corrected chi connectivity index (χ3v) is 6.77. The van der Waals surface area contributed by atoms with Gasteiger partial charge in [-0.15, -0.1) is 11.3 Å². The minimum absolute atomic E-state index is 0.169. The number of carbonyl (C=O) groups excluding carboxylic acids is 1. The average molecular weight is 455 g/mol. The molecular formula is C23H26N4O4S. The van der Waals surface area contributed by atoms with Gasteiger partial charge in [0.05, 0.1) is 31.6 Å². The minimum atomic E-state index is -0.745. The molecule has 1 amide bonds. The average Bonchev–Trinajstić information content (AvgIpc) is 3.19. The SMILES string of the molecule is CCOc1ccc(/C=N\NC(=O)[C@H](C)n2cnc3sc4c(c3c2=O)CCCC4)cc1OC. The highest BCUT2D eigenvalue weighted by molar-refractivity contribution is 7.18. The molecule has 0 fully saturated rings. The summed E-state index contributed by atoms with van der Waals surface area (Å²) in [5, 5.41) is 4.70. The summed E-state index contributed by atoms with van der Waals surface area (Å²) in [4.78, 5) is 32.3. The van der Waals surface area contributed by atoms with Gasteiger partial charge in [0.25, 0.3) is 11.5 Å². The summed E-state index contributed by atoms with van der Waals surface area (Å²) in [6.45, 7) is 4.10. The molecule has 2 aromatic heterocycles. The summed E-state index contributed by atoms with van der Waals surface area (Å²) in [7, 11) is 1.56. The fourth-order valence-electron chi connectivity index (χ4n) is 3.86. The van der Waals surface area contributed by atoms with Crippen molar-refractivity contribution in [2.75, 3.05) is 13.7 Å². The van der Waals surface area contributed by atoms with Gasteiger partial charge in [-0.2, -0.15) is 5.10 Å².